The molecule has 7 nitrogen and oxygen atoms in total. The summed E-state index contributed by atoms with van der Waals surface area (Å²) in [5, 5.41) is 3.81. The number of anilines is 2. The first-order valence-electron chi connectivity index (χ1n) is 12.0. The number of nitrogens with one attached hydrogen (secondary N) is 1. The van der Waals surface area contributed by atoms with Gasteiger partial charge in [-0.2, -0.15) is 4.98 Å². The molecule has 34 heavy (non-hydrogen) atoms. The maximum Gasteiger partial charge on any atom is 0.271 e. The number of nitrogens with zero attached hydrogens (tertiary/aromatic N) is 3. The van der Waals surface area contributed by atoms with E-state index >= 15 is 0 Å². The normalized spacial score (nSPS) is 17.9. The topological polar surface area (TPSA) is 94.0 Å². The van der Waals surface area contributed by atoms with Crippen molar-refractivity contribution in [2.75, 3.05) is 5.32 Å². The van der Waals surface area contributed by atoms with Gasteiger partial charge in [0.1, 0.15) is 10.7 Å². The molecule has 0 saturated heterocycles. The zero-order valence-corrected chi connectivity index (χ0v) is 20.8. The lowest BCUT2D eigenvalue weighted by atomic mass is 10.0. The second-order valence-corrected chi connectivity index (χ2v) is 12.1. The van der Waals surface area contributed by atoms with Gasteiger partial charge < -0.3 is 5.32 Å². The molecule has 0 unspecified atom stereocenters. The molecule has 2 aromatic heterocycles. The van der Waals surface area contributed by atoms with Crippen LogP contribution in [0.1, 0.15) is 69.4 Å². The number of aromatic nitrogens is 3. The number of hydrogen-bond acceptors (Lipinski definition) is 6. The van der Waals surface area contributed by atoms with Crippen molar-refractivity contribution in [2.24, 2.45) is 0 Å². The third kappa shape index (κ3) is 4.33. The highest BCUT2D eigenvalue weighted by Gasteiger charge is 2.29. The summed E-state index contributed by atoms with van der Waals surface area (Å²) in [5.74, 6) is 0.354. The monoisotopic (exact) mass is 500 g/mol. The summed E-state index contributed by atoms with van der Waals surface area (Å²) >= 11 is 6.22. The third-order valence-corrected chi connectivity index (χ3v) is 9.71. The van der Waals surface area contributed by atoms with Crippen LogP contribution in [0.15, 0.2) is 40.2 Å². The van der Waals surface area contributed by atoms with E-state index in [1.165, 1.54) is 0 Å². The molecule has 2 aliphatic rings. The van der Waals surface area contributed by atoms with E-state index in [4.69, 9.17) is 11.6 Å². The molecule has 1 aromatic carbocycles. The highest BCUT2D eigenvalue weighted by molar-refractivity contribution is 7.92. The second kappa shape index (κ2) is 9.30. The first-order valence-corrected chi connectivity index (χ1v) is 14.0. The van der Waals surface area contributed by atoms with Crippen molar-refractivity contribution in [3.05, 3.63) is 51.4 Å². The summed E-state index contributed by atoms with van der Waals surface area (Å²) in [4.78, 5) is 22.3. The number of halogens is 1. The van der Waals surface area contributed by atoms with Gasteiger partial charge in [-0.15, -0.1) is 0 Å². The molecule has 2 fully saturated rings. The minimum Gasteiger partial charge on any atom is -0.324 e. The van der Waals surface area contributed by atoms with E-state index in [1.807, 2.05) is 6.92 Å². The number of aryl methyl sites for hydroxylation is 1. The molecule has 2 aliphatic carbocycles. The van der Waals surface area contributed by atoms with Crippen LogP contribution in [0.5, 0.6) is 0 Å². The van der Waals surface area contributed by atoms with Gasteiger partial charge in [0.15, 0.2) is 9.84 Å². The number of rotatable bonds is 5. The van der Waals surface area contributed by atoms with Gasteiger partial charge in [-0.05, 0) is 62.4 Å². The van der Waals surface area contributed by atoms with Crippen LogP contribution in [0, 0.1) is 6.92 Å². The fourth-order valence-corrected chi connectivity index (χ4v) is 7.44. The van der Waals surface area contributed by atoms with Gasteiger partial charge in [0.2, 0.25) is 5.95 Å². The standard InChI is InChI=1S/C25H29ClN4O3S/c1-16-13-20(34(32,33)19-9-3-2-4-10-19)11-12-22(16)28-25-27-15-17-14-21(26)24(31)30(23(17)29-25)18-7-5-6-8-18/h11-15,18-19H,2-10H2,1H3,(H,27,28,29). The highest BCUT2D eigenvalue weighted by atomic mass is 35.5. The zero-order chi connectivity index (χ0) is 23.9. The van der Waals surface area contributed by atoms with Crippen molar-refractivity contribution >= 4 is 44.1 Å². The molecule has 180 valence electrons. The van der Waals surface area contributed by atoms with Gasteiger partial charge in [0.25, 0.3) is 5.56 Å². The summed E-state index contributed by atoms with van der Waals surface area (Å²) in [6.45, 7) is 1.87. The lowest BCUT2D eigenvalue weighted by Gasteiger charge is -2.22. The molecule has 9 heteroatoms. The summed E-state index contributed by atoms with van der Waals surface area (Å²) in [6, 6.07) is 6.85. The van der Waals surface area contributed by atoms with E-state index in [1.54, 1.807) is 35.0 Å². The van der Waals surface area contributed by atoms with Gasteiger partial charge in [0.05, 0.1) is 10.1 Å². The van der Waals surface area contributed by atoms with Crippen LogP contribution < -0.4 is 10.9 Å². The number of sulfone groups is 1. The highest BCUT2D eigenvalue weighted by Crippen LogP contribution is 2.33. The van der Waals surface area contributed by atoms with Crippen molar-refractivity contribution in [3.63, 3.8) is 0 Å². The van der Waals surface area contributed by atoms with Crippen LogP contribution in [0.3, 0.4) is 0 Å². The van der Waals surface area contributed by atoms with Crippen LogP contribution in [-0.4, -0.2) is 28.2 Å². The van der Waals surface area contributed by atoms with E-state index in [0.717, 1.165) is 69.0 Å². The van der Waals surface area contributed by atoms with Crippen molar-refractivity contribution in [2.45, 2.75) is 80.9 Å². The maximum atomic E-state index is 13.1. The molecule has 0 spiro atoms. The van der Waals surface area contributed by atoms with Gasteiger partial charge in [-0.25, -0.2) is 13.4 Å². The van der Waals surface area contributed by atoms with Crippen molar-refractivity contribution < 1.29 is 8.42 Å². The summed E-state index contributed by atoms with van der Waals surface area (Å²) in [7, 11) is -3.34. The van der Waals surface area contributed by atoms with Gasteiger partial charge in [-0.1, -0.05) is 43.7 Å². The Morgan fingerprint density at radius 1 is 1.03 bits per heavy atom. The van der Waals surface area contributed by atoms with Gasteiger partial charge >= 0.3 is 0 Å². The SMILES string of the molecule is Cc1cc(S(=O)(=O)C2CCCCC2)ccc1Nc1ncc2cc(Cl)c(=O)n(C3CCCC3)c2n1. The van der Waals surface area contributed by atoms with Crippen LogP contribution in [-0.2, 0) is 9.84 Å². The predicted octanol–water partition coefficient (Wildman–Crippen LogP) is 5.72. The largest absolute Gasteiger partial charge is 0.324 e. The van der Waals surface area contributed by atoms with Crippen molar-refractivity contribution in [1.82, 2.24) is 14.5 Å². The summed E-state index contributed by atoms with van der Waals surface area (Å²) in [6.07, 6.45) is 10.2. The Labute approximate surface area is 204 Å². The Kier molecular flexibility index (Phi) is 6.37. The Morgan fingerprint density at radius 3 is 2.44 bits per heavy atom. The first kappa shape index (κ1) is 23.3. The van der Waals surface area contributed by atoms with Gasteiger partial charge in [0, 0.05) is 23.3 Å². The average molecular weight is 501 g/mol. The van der Waals surface area contributed by atoms with E-state index in [-0.39, 0.29) is 21.9 Å². The Hall–Kier alpha value is -2.45. The molecule has 3 aromatic rings. The van der Waals surface area contributed by atoms with E-state index in [0.29, 0.717) is 21.9 Å². The number of hydrogen-bond donors (Lipinski definition) is 1. The van der Waals surface area contributed by atoms with Crippen LogP contribution in [0.4, 0.5) is 11.6 Å². The molecular weight excluding hydrogens is 472 g/mol. The molecule has 0 aliphatic heterocycles. The third-order valence-electron chi connectivity index (χ3n) is 7.18. The molecule has 0 atom stereocenters. The maximum absolute atomic E-state index is 13.1. The summed E-state index contributed by atoms with van der Waals surface area (Å²) in [5.41, 5.74) is 1.86. The fraction of sp³-hybridized carbons (Fsp3) is 0.480. The first-order chi connectivity index (χ1) is 16.3. The smallest absolute Gasteiger partial charge is 0.271 e. The Morgan fingerprint density at radius 2 is 1.74 bits per heavy atom. The zero-order valence-electron chi connectivity index (χ0n) is 19.3. The van der Waals surface area contributed by atoms with Crippen LogP contribution >= 0.6 is 11.6 Å². The van der Waals surface area contributed by atoms with Crippen molar-refractivity contribution in [3.8, 4) is 0 Å². The van der Waals surface area contributed by atoms with E-state index in [9.17, 15) is 13.2 Å². The number of benzene rings is 1. The molecule has 0 bridgehead atoms. The van der Waals surface area contributed by atoms with Crippen LogP contribution in [0.2, 0.25) is 5.02 Å². The predicted molar refractivity (Wildman–Crippen MR) is 135 cm³/mol. The van der Waals surface area contributed by atoms with Crippen LogP contribution in [0.25, 0.3) is 11.0 Å². The molecular formula is C25H29ClN4O3S. The molecule has 0 radical (unpaired) electrons. The molecule has 5 rings (SSSR count). The quantitative estimate of drug-likeness (QED) is 0.481. The molecule has 2 heterocycles. The summed E-state index contributed by atoms with van der Waals surface area (Å²) < 4.78 is 27.9. The molecule has 1 N–H and O–H groups in total. The van der Waals surface area contributed by atoms with E-state index < -0.39 is 9.84 Å². The lowest BCUT2D eigenvalue weighted by Crippen LogP contribution is -2.25. The average Bonchev–Trinajstić information content (AvgIpc) is 3.36. The Balaban J connectivity index is 1.47. The second-order valence-electron chi connectivity index (χ2n) is 9.49. The van der Waals surface area contributed by atoms with E-state index in [2.05, 4.69) is 15.3 Å². The molecule has 2 saturated carbocycles. The minimum atomic E-state index is -3.34. The van der Waals surface area contributed by atoms with Crippen molar-refractivity contribution in [1.29, 1.82) is 0 Å². The lowest BCUT2D eigenvalue weighted by molar-refractivity contribution is 0.483. The number of pyridine rings is 1. The Bertz CT molecular complexity index is 1390. The van der Waals surface area contributed by atoms with Gasteiger partial charge in [-0.3, -0.25) is 9.36 Å². The molecule has 0 amide bonds. The fourth-order valence-electron chi connectivity index (χ4n) is 5.29. The minimum absolute atomic E-state index is 0.0856. The number of fused-ring (bicyclic) bond motifs is 1.